The molecule has 0 aliphatic rings. The predicted octanol–water partition coefficient (Wildman–Crippen LogP) is 0.410. The number of hydrogen-bond acceptors (Lipinski definition) is 2. The van der Waals surface area contributed by atoms with E-state index in [0.717, 1.165) is 12.8 Å². The topological polar surface area (TPSA) is 91.0 Å². The molecule has 76 valence electrons. The van der Waals surface area contributed by atoms with Gasteiger partial charge in [-0.05, 0) is 13.3 Å². The first-order valence-electron chi connectivity index (χ1n) is 4.46. The highest BCUT2D eigenvalue weighted by Crippen LogP contribution is 1.83. The molecule has 0 aromatic heterocycles. The number of unbranched alkanes of at least 4 members (excludes halogenated alkanes) is 1. The first kappa shape index (κ1) is 11.7. The molecule has 0 radical (unpaired) electrons. The summed E-state index contributed by atoms with van der Waals surface area (Å²) in [4.78, 5) is 11.1. The molecule has 0 aromatic carbocycles. The molecule has 0 rings (SSSR count). The van der Waals surface area contributed by atoms with Gasteiger partial charge < -0.3 is 16.4 Å². The highest BCUT2D eigenvalue weighted by atomic mass is 16.2. The second-order valence-electron chi connectivity index (χ2n) is 2.93. The number of rotatable bonds is 5. The van der Waals surface area contributed by atoms with E-state index in [9.17, 15) is 4.79 Å². The highest BCUT2D eigenvalue weighted by Gasteiger charge is 2.07. The lowest BCUT2D eigenvalue weighted by atomic mass is 10.3. The zero-order valence-corrected chi connectivity index (χ0v) is 8.18. The standard InChI is InChI=1S/C8H18N4O/c1-3-4-5-11-8(13)12-6(2)7(9)10/h6H,3-5H2,1-2H3,(H3,9,10)(H2,11,12,13). The lowest BCUT2D eigenvalue weighted by molar-refractivity contribution is 0.240. The zero-order chi connectivity index (χ0) is 10.3. The lowest BCUT2D eigenvalue weighted by Crippen LogP contribution is -2.46. The Morgan fingerprint density at radius 3 is 2.69 bits per heavy atom. The van der Waals surface area contributed by atoms with E-state index < -0.39 is 6.04 Å². The van der Waals surface area contributed by atoms with Crippen LogP contribution in [0.15, 0.2) is 0 Å². The van der Waals surface area contributed by atoms with Crippen molar-refractivity contribution >= 4 is 11.9 Å². The average molecular weight is 186 g/mol. The molecule has 5 N–H and O–H groups in total. The third-order valence-electron chi connectivity index (χ3n) is 1.63. The van der Waals surface area contributed by atoms with Gasteiger partial charge in [-0.1, -0.05) is 13.3 Å². The maximum absolute atomic E-state index is 11.1. The Morgan fingerprint density at radius 1 is 1.62 bits per heavy atom. The SMILES string of the molecule is CCCCNC(=O)NC(C)C(=N)N. The van der Waals surface area contributed by atoms with E-state index in [-0.39, 0.29) is 11.9 Å². The average Bonchev–Trinajstić information content (AvgIpc) is 2.04. The van der Waals surface area contributed by atoms with E-state index in [1.165, 1.54) is 0 Å². The van der Waals surface area contributed by atoms with Crippen molar-refractivity contribution in [3.05, 3.63) is 0 Å². The van der Waals surface area contributed by atoms with Gasteiger partial charge in [-0.3, -0.25) is 5.41 Å². The summed E-state index contributed by atoms with van der Waals surface area (Å²) in [6.45, 7) is 4.38. The largest absolute Gasteiger partial charge is 0.386 e. The van der Waals surface area contributed by atoms with Crippen molar-refractivity contribution < 1.29 is 4.79 Å². The number of urea groups is 1. The molecule has 0 spiro atoms. The number of carbonyl (C=O) groups is 1. The molecule has 5 nitrogen and oxygen atoms in total. The summed E-state index contributed by atoms with van der Waals surface area (Å²) in [5.74, 6) is -0.0364. The van der Waals surface area contributed by atoms with Crippen LogP contribution in [0.1, 0.15) is 26.7 Å². The van der Waals surface area contributed by atoms with Crippen LogP contribution < -0.4 is 16.4 Å². The second kappa shape index (κ2) is 6.28. The monoisotopic (exact) mass is 186 g/mol. The normalized spacial score (nSPS) is 11.8. The van der Waals surface area contributed by atoms with Crippen molar-refractivity contribution in [1.29, 1.82) is 5.41 Å². The molecule has 0 bridgehead atoms. The summed E-state index contributed by atoms with van der Waals surface area (Å²) in [5, 5.41) is 12.2. The summed E-state index contributed by atoms with van der Waals surface area (Å²) >= 11 is 0. The van der Waals surface area contributed by atoms with Gasteiger partial charge in [-0.25, -0.2) is 4.79 Å². The summed E-state index contributed by atoms with van der Waals surface area (Å²) in [5.41, 5.74) is 5.18. The van der Waals surface area contributed by atoms with Gasteiger partial charge >= 0.3 is 6.03 Å². The van der Waals surface area contributed by atoms with Gasteiger partial charge in [0.1, 0.15) is 5.84 Å². The smallest absolute Gasteiger partial charge is 0.315 e. The van der Waals surface area contributed by atoms with E-state index in [0.29, 0.717) is 6.54 Å². The van der Waals surface area contributed by atoms with Gasteiger partial charge in [0.05, 0.1) is 6.04 Å². The molecule has 0 heterocycles. The minimum absolute atomic E-state index is 0.0364. The third kappa shape index (κ3) is 5.95. The maximum Gasteiger partial charge on any atom is 0.315 e. The van der Waals surface area contributed by atoms with Crippen LogP contribution in [0.2, 0.25) is 0 Å². The molecule has 2 amide bonds. The number of amidine groups is 1. The Kier molecular flexibility index (Phi) is 5.67. The van der Waals surface area contributed by atoms with Crippen molar-refractivity contribution in [3.63, 3.8) is 0 Å². The molecule has 0 aromatic rings. The fraction of sp³-hybridized carbons (Fsp3) is 0.750. The first-order valence-corrected chi connectivity index (χ1v) is 4.46. The van der Waals surface area contributed by atoms with Crippen LogP contribution in [-0.2, 0) is 0 Å². The third-order valence-corrected chi connectivity index (χ3v) is 1.63. The Bertz CT molecular complexity index is 181. The minimum atomic E-state index is -0.401. The number of hydrogen-bond donors (Lipinski definition) is 4. The molecule has 13 heavy (non-hydrogen) atoms. The summed E-state index contributed by atoms with van der Waals surface area (Å²) in [6, 6.07) is -0.669. The molecule has 1 atom stereocenters. The summed E-state index contributed by atoms with van der Waals surface area (Å²) in [6.07, 6.45) is 2.00. The molecule has 0 fully saturated rings. The predicted molar refractivity (Wildman–Crippen MR) is 52.8 cm³/mol. The fourth-order valence-corrected chi connectivity index (χ4v) is 0.704. The number of amides is 2. The Balaban J connectivity index is 3.56. The fourth-order valence-electron chi connectivity index (χ4n) is 0.704. The van der Waals surface area contributed by atoms with E-state index in [4.69, 9.17) is 11.1 Å². The minimum Gasteiger partial charge on any atom is -0.386 e. The second-order valence-corrected chi connectivity index (χ2v) is 2.93. The van der Waals surface area contributed by atoms with Gasteiger partial charge in [-0.15, -0.1) is 0 Å². The van der Waals surface area contributed by atoms with E-state index >= 15 is 0 Å². The summed E-state index contributed by atoms with van der Waals surface area (Å²) < 4.78 is 0. The molecule has 0 aliphatic heterocycles. The van der Waals surface area contributed by atoms with Gasteiger partial charge in [-0.2, -0.15) is 0 Å². The maximum atomic E-state index is 11.1. The van der Waals surface area contributed by atoms with Crippen LogP contribution in [0.3, 0.4) is 0 Å². The quantitative estimate of drug-likeness (QED) is 0.284. The lowest BCUT2D eigenvalue weighted by Gasteiger charge is -2.12. The zero-order valence-electron chi connectivity index (χ0n) is 8.18. The molecule has 0 saturated heterocycles. The van der Waals surface area contributed by atoms with Crippen LogP contribution in [0.25, 0.3) is 0 Å². The van der Waals surface area contributed by atoms with Gasteiger partial charge in [0.25, 0.3) is 0 Å². The summed E-state index contributed by atoms with van der Waals surface area (Å²) in [7, 11) is 0. The molecule has 1 unspecified atom stereocenters. The molecular weight excluding hydrogens is 168 g/mol. The Hall–Kier alpha value is -1.26. The van der Waals surface area contributed by atoms with Crippen LogP contribution in [0.5, 0.6) is 0 Å². The van der Waals surface area contributed by atoms with Crippen LogP contribution in [-0.4, -0.2) is 24.5 Å². The number of nitrogens with one attached hydrogen (secondary N) is 3. The van der Waals surface area contributed by atoms with Crippen LogP contribution in [0.4, 0.5) is 4.79 Å². The van der Waals surface area contributed by atoms with Crippen LogP contribution >= 0.6 is 0 Å². The first-order chi connectivity index (χ1) is 6.07. The van der Waals surface area contributed by atoms with E-state index in [1.807, 2.05) is 0 Å². The van der Waals surface area contributed by atoms with Crippen molar-refractivity contribution in [2.45, 2.75) is 32.7 Å². The number of carbonyl (C=O) groups excluding carboxylic acids is 1. The van der Waals surface area contributed by atoms with Crippen molar-refractivity contribution in [3.8, 4) is 0 Å². The van der Waals surface area contributed by atoms with Crippen molar-refractivity contribution in [2.24, 2.45) is 5.73 Å². The van der Waals surface area contributed by atoms with Gasteiger partial charge in [0.15, 0.2) is 0 Å². The van der Waals surface area contributed by atoms with Crippen LogP contribution in [0, 0.1) is 5.41 Å². The molecule has 0 aliphatic carbocycles. The molecular formula is C8H18N4O. The molecule has 5 heteroatoms. The van der Waals surface area contributed by atoms with Gasteiger partial charge in [0, 0.05) is 6.54 Å². The van der Waals surface area contributed by atoms with Crippen molar-refractivity contribution in [2.75, 3.05) is 6.54 Å². The Morgan fingerprint density at radius 2 is 2.23 bits per heavy atom. The Labute approximate surface area is 78.6 Å². The van der Waals surface area contributed by atoms with E-state index in [1.54, 1.807) is 6.92 Å². The van der Waals surface area contributed by atoms with Gasteiger partial charge in [0.2, 0.25) is 0 Å². The molecule has 0 saturated carbocycles. The number of nitrogens with two attached hydrogens (primary N) is 1. The highest BCUT2D eigenvalue weighted by molar-refractivity contribution is 5.87. The van der Waals surface area contributed by atoms with E-state index in [2.05, 4.69) is 17.6 Å². The van der Waals surface area contributed by atoms with Crippen molar-refractivity contribution in [1.82, 2.24) is 10.6 Å².